The van der Waals surface area contributed by atoms with Gasteiger partial charge in [-0.2, -0.15) is 5.10 Å². The Morgan fingerprint density at radius 1 is 1.22 bits per heavy atom. The number of hydrogen-bond acceptors (Lipinski definition) is 3. The van der Waals surface area contributed by atoms with E-state index in [1.165, 1.54) is 37.3 Å². The van der Waals surface area contributed by atoms with Crippen LogP contribution in [0.1, 0.15) is 24.1 Å². The first kappa shape index (κ1) is 12.5. The van der Waals surface area contributed by atoms with Gasteiger partial charge in [-0.05, 0) is 19.8 Å². The van der Waals surface area contributed by atoms with Gasteiger partial charge in [-0.3, -0.25) is 9.58 Å². The van der Waals surface area contributed by atoms with Crippen molar-refractivity contribution in [2.45, 2.75) is 31.1 Å². The minimum Gasteiger partial charge on any atom is -0.354 e. The number of alkyl halides is 1. The van der Waals surface area contributed by atoms with Gasteiger partial charge in [0.25, 0.3) is 0 Å². The van der Waals surface area contributed by atoms with Gasteiger partial charge >= 0.3 is 0 Å². The second-order valence-corrected chi connectivity index (χ2v) is 5.96. The van der Waals surface area contributed by atoms with Crippen LogP contribution >= 0.6 is 15.9 Å². The molecule has 0 bridgehead atoms. The number of aryl methyl sites for hydroxylation is 2. The molecule has 0 aromatic carbocycles. The van der Waals surface area contributed by atoms with Crippen molar-refractivity contribution < 1.29 is 0 Å². The summed E-state index contributed by atoms with van der Waals surface area (Å²) in [6, 6.07) is 0.899. The summed E-state index contributed by atoms with van der Waals surface area (Å²) in [6.45, 7) is 6.78. The molecule has 3 rings (SSSR count). The highest BCUT2D eigenvalue weighted by molar-refractivity contribution is 9.08. The molecule has 1 saturated carbocycles. The molecule has 1 aromatic heterocycles. The topological polar surface area (TPSA) is 24.3 Å². The van der Waals surface area contributed by atoms with Crippen LogP contribution in [0.3, 0.4) is 0 Å². The summed E-state index contributed by atoms with van der Waals surface area (Å²) < 4.78 is 2.04. The van der Waals surface area contributed by atoms with E-state index in [0.29, 0.717) is 0 Å². The normalized spacial score (nSPS) is 21.6. The minimum atomic E-state index is 0.894. The van der Waals surface area contributed by atoms with Crippen LogP contribution in [0.25, 0.3) is 0 Å². The zero-order valence-corrected chi connectivity index (χ0v) is 12.8. The van der Waals surface area contributed by atoms with Gasteiger partial charge in [0.1, 0.15) is 5.82 Å². The van der Waals surface area contributed by atoms with E-state index in [-0.39, 0.29) is 0 Å². The van der Waals surface area contributed by atoms with Crippen LogP contribution in [0.15, 0.2) is 0 Å². The highest BCUT2D eigenvalue weighted by atomic mass is 79.9. The molecule has 100 valence electrons. The maximum absolute atomic E-state index is 4.55. The third-order valence-electron chi connectivity index (χ3n) is 4.12. The van der Waals surface area contributed by atoms with Crippen LogP contribution < -0.4 is 4.90 Å². The number of halogens is 1. The van der Waals surface area contributed by atoms with E-state index in [0.717, 1.165) is 30.2 Å². The first-order valence-electron chi connectivity index (χ1n) is 6.78. The van der Waals surface area contributed by atoms with E-state index in [9.17, 15) is 0 Å². The second kappa shape index (κ2) is 4.85. The summed E-state index contributed by atoms with van der Waals surface area (Å²) in [5.74, 6) is 1.31. The van der Waals surface area contributed by atoms with Crippen LogP contribution in [0, 0.1) is 6.92 Å². The van der Waals surface area contributed by atoms with Crippen LogP contribution in [0.5, 0.6) is 0 Å². The summed E-state index contributed by atoms with van der Waals surface area (Å²) in [4.78, 5) is 5.14. The highest BCUT2D eigenvalue weighted by Crippen LogP contribution is 2.30. The Kier molecular flexibility index (Phi) is 3.36. The summed E-state index contributed by atoms with van der Waals surface area (Å²) in [6.07, 6.45) is 2.83. The Labute approximate surface area is 117 Å². The standard InChI is InChI=1S/C13H21BrN4/c1-10-12(9-14)13(16(2)15-10)18-7-5-17(6-8-18)11-3-4-11/h11H,3-9H2,1-2H3. The Morgan fingerprint density at radius 2 is 1.89 bits per heavy atom. The van der Waals surface area contributed by atoms with Crippen LogP contribution in [-0.4, -0.2) is 46.9 Å². The fourth-order valence-electron chi connectivity index (χ4n) is 2.98. The molecule has 0 spiro atoms. The van der Waals surface area contributed by atoms with Gasteiger partial charge in [0.15, 0.2) is 0 Å². The lowest BCUT2D eigenvalue weighted by Crippen LogP contribution is -2.48. The van der Waals surface area contributed by atoms with E-state index in [2.05, 4.69) is 44.8 Å². The molecule has 1 saturated heterocycles. The van der Waals surface area contributed by atoms with Crippen molar-refractivity contribution in [3.05, 3.63) is 11.3 Å². The first-order chi connectivity index (χ1) is 8.70. The van der Waals surface area contributed by atoms with Crippen molar-refractivity contribution in [3.8, 4) is 0 Å². The molecule has 0 atom stereocenters. The van der Waals surface area contributed by atoms with E-state index >= 15 is 0 Å². The summed E-state index contributed by atoms with van der Waals surface area (Å²) in [5, 5.41) is 5.45. The highest BCUT2D eigenvalue weighted by Gasteiger charge is 2.32. The average Bonchev–Trinajstić information content (AvgIpc) is 3.16. The van der Waals surface area contributed by atoms with Crippen molar-refractivity contribution in [2.75, 3.05) is 31.1 Å². The number of rotatable bonds is 3. The molecular formula is C13H21BrN4. The molecule has 2 heterocycles. The molecule has 5 heteroatoms. The number of aromatic nitrogens is 2. The fraction of sp³-hybridized carbons (Fsp3) is 0.769. The molecule has 1 aliphatic carbocycles. The van der Waals surface area contributed by atoms with Gasteiger partial charge in [0.2, 0.25) is 0 Å². The predicted octanol–water partition coefficient (Wildman–Crippen LogP) is 1.91. The second-order valence-electron chi connectivity index (χ2n) is 5.40. The Bertz CT molecular complexity index is 430. The number of hydrogen-bond donors (Lipinski definition) is 0. The van der Waals surface area contributed by atoms with Gasteiger partial charge in [0.05, 0.1) is 5.69 Å². The predicted molar refractivity (Wildman–Crippen MR) is 77.4 cm³/mol. The Balaban J connectivity index is 1.75. The van der Waals surface area contributed by atoms with Crippen molar-refractivity contribution >= 4 is 21.7 Å². The quantitative estimate of drug-likeness (QED) is 0.797. The monoisotopic (exact) mass is 312 g/mol. The molecule has 2 fully saturated rings. The SMILES string of the molecule is Cc1nn(C)c(N2CCN(C3CC3)CC2)c1CBr. The lowest BCUT2D eigenvalue weighted by atomic mass is 10.2. The number of nitrogens with zero attached hydrogens (tertiary/aromatic N) is 4. The molecule has 0 N–H and O–H groups in total. The zero-order valence-electron chi connectivity index (χ0n) is 11.2. The Hall–Kier alpha value is -0.550. The van der Waals surface area contributed by atoms with Gasteiger partial charge in [-0.15, -0.1) is 0 Å². The van der Waals surface area contributed by atoms with Gasteiger partial charge in [0, 0.05) is 50.2 Å². The first-order valence-corrected chi connectivity index (χ1v) is 7.90. The van der Waals surface area contributed by atoms with E-state index in [4.69, 9.17) is 0 Å². The molecule has 0 radical (unpaired) electrons. The molecule has 18 heavy (non-hydrogen) atoms. The van der Waals surface area contributed by atoms with Crippen LogP contribution in [-0.2, 0) is 12.4 Å². The lowest BCUT2D eigenvalue weighted by Gasteiger charge is -2.36. The lowest BCUT2D eigenvalue weighted by molar-refractivity contribution is 0.247. The molecular weight excluding hydrogens is 292 g/mol. The molecule has 1 aliphatic heterocycles. The third kappa shape index (κ3) is 2.18. The molecule has 0 amide bonds. The average molecular weight is 313 g/mol. The number of piperazine rings is 1. The number of anilines is 1. The maximum atomic E-state index is 4.55. The van der Waals surface area contributed by atoms with Crippen LogP contribution in [0.2, 0.25) is 0 Å². The van der Waals surface area contributed by atoms with Crippen molar-refractivity contribution in [1.29, 1.82) is 0 Å². The van der Waals surface area contributed by atoms with Gasteiger partial charge < -0.3 is 4.90 Å². The summed E-state index contributed by atoms with van der Waals surface area (Å²) in [7, 11) is 2.06. The maximum Gasteiger partial charge on any atom is 0.130 e. The van der Waals surface area contributed by atoms with Gasteiger partial charge in [-0.1, -0.05) is 15.9 Å². The molecule has 2 aliphatic rings. The third-order valence-corrected chi connectivity index (χ3v) is 4.68. The minimum absolute atomic E-state index is 0.894. The van der Waals surface area contributed by atoms with E-state index < -0.39 is 0 Å². The molecule has 4 nitrogen and oxygen atoms in total. The van der Waals surface area contributed by atoms with Crippen molar-refractivity contribution in [1.82, 2.24) is 14.7 Å². The van der Waals surface area contributed by atoms with Gasteiger partial charge in [-0.25, -0.2) is 0 Å². The Morgan fingerprint density at radius 3 is 2.44 bits per heavy atom. The van der Waals surface area contributed by atoms with E-state index in [1.807, 2.05) is 4.68 Å². The smallest absolute Gasteiger partial charge is 0.130 e. The molecule has 1 aromatic rings. The zero-order chi connectivity index (χ0) is 12.7. The van der Waals surface area contributed by atoms with Crippen LogP contribution in [0.4, 0.5) is 5.82 Å². The largest absolute Gasteiger partial charge is 0.354 e. The van der Waals surface area contributed by atoms with Crippen molar-refractivity contribution in [2.24, 2.45) is 7.05 Å². The van der Waals surface area contributed by atoms with Crippen molar-refractivity contribution in [3.63, 3.8) is 0 Å². The van der Waals surface area contributed by atoms with E-state index in [1.54, 1.807) is 0 Å². The molecule has 0 unspecified atom stereocenters. The summed E-state index contributed by atoms with van der Waals surface area (Å²) in [5.41, 5.74) is 2.49. The summed E-state index contributed by atoms with van der Waals surface area (Å²) >= 11 is 3.59. The fourth-order valence-corrected chi connectivity index (χ4v) is 3.64.